The number of rotatable bonds is 10. The average Bonchev–Trinajstić information content (AvgIpc) is 2.71. The fraction of sp³-hybridized carbons (Fsp3) is 0.840. The Kier molecular flexibility index (Phi) is 10.6. The Bertz CT molecular complexity index is 795. The summed E-state index contributed by atoms with van der Waals surface area (Å²) in [5, 5.41) is 0. The Morgan fingerprint density at radius 2 is 1.53 bits per heavy atom. The summed E-state index contributed by atoms with van der Waals surface area (Å²) in [7, 11) is -9.81. The van der Waals surface area contributed by atoms with Gasteiger partial charge >= 0.3 is 20.0 Å². The standard InChI is InChI=1S/C25H50O7Si4/c1-11-24(29-23(27)18-17-22(26)28-21-15-13-12-14-16-21)36(32-34(7,8)9)20-19-25(2,3)30-35(36,10)31-33(4,5)6/h17-18,21,24H,11-16,19-20H2,1-10H3. The molecule has 1 aliphatic heterocycles. The van der Waals surface area contributed by atoms with Gasteiger partial charge in [0.1, 0.15) is 11.8 Å². The van der Waals surface area contributed by atoms with E-state index in [0.717, 1.165) is 38.1 Å². The van der Waals surface area contributed by atoms with Gasteiger partial charge in [-0.2, -0.15) is 0 Å². The normalized spacial score (nSPS) is 28.6. The molecule has 1 saturated carbocycles. The van der Waals surface area contributed by atoms with E-state index in [0.29, 0.717) is 6.42 Å². The van der Waals surface area contributed by atoms with E-state index in [2.05, 4.69) is 59.7 Å². The zero-order valence-corrected chi connectivity index (χ0v) is 28.3. The van der Waals surface area contributed by atoms with E-state index in [-0.39, 0.29) is 11.7 Å². The van der Waals surface area contributed by atoms with E-state index in [4.69, 9.17) is 22.1 Å². The van der Waals surface area contributed by atoms with Gasteiger partial charge in [0.05, 0.1) is 5.60 Å². The van der Waals surface area contributed by atoms with Crippen molar-refractivity contribution in [2.45, 2.75) is 135 Å². The fourth-order valence-electron chi connectivity index (χ4n) is 5.49. The molecule has 0 spiro atoms. The number of carbonyl (C=O) groups is 2. The van der Waals surface area contributed by atoms with Crippen LogP contribution in [0.4, 0.5) is 0 Å². The van der Waals surface area contributed by atoms with Crippen LogP contribution in [0.5, 0.6) is 0 Å². The summed E-state index contributed by atoms with van der Waals surface area (Å²) >= 11 is 0. The molecule has 11 heteroatoms. The Morgan fingerprint density at radius 1 is 0.972 bits per heavy atom. The molecule has 3 atom stereocenters. The molecule has 0 aromatic carbocycles. The molecule has 0 aromatic heterocycles. The smallest absolute Gasteiger partial charge is 0.339 e. The summed E-state index contributed by atoms with van der Waals surface area (Å²) in [5.74, 6) is -1.02. The van der Waals surface area contributed by atoms with Crippen LogP contribution >= 0.6 is 0 Å². The highest BCUT2D eigenvalue weighted by Gasteiger charge is 2.69. The minimum atomic E-state index is -2.90. The maximum absolute atomic E-state index is 13.0. The maximum Gasteiger partial charge on any atom is 0.339 e. The molecule has 0 radical (unpaired) electrons. The predicted octanol–water partition coefficient (Wildman–Crippen LogP) is 6.28. The van der Waals surface area contributed by atoms with Crippen molar-refractivity contribution in [3.8, 4) is 0 Å². The van der Waals surface area contributed by atoms with Crippen molar-refractivity contribution in [2.75, 3.05) is 0 Å². The topological polar surface area (TPSA) is 80.3 Å². The monoisotopic (exact) mass is 574 g/mol. The van der Waals surface area contributed by atoms with Gasteiger partial charge in [-0.3, -0.25) is 0 Å². The van der Waals surface area contributed by atoms with Crippen molar-refractivity contribution in [1.82, 2.24) is 0 Å². The van der Waals surface area contributed by atoms with Gasteiger partial charge in [-0.1, -0.05) is 13.3 Å². The van der Waals surface area contributed by atoms with Gasteiger partial charge < -0.3 is 22.1 Å². The molecule has 0 bridgehead atoms. The van der Waals surface area contributed by atoms with Gasteiger partial charge in [0, 0.05) is 12.2 Å². The second-order valence-electron chi connectivity index (χ2n) is 13.0. The molecule has 1 heterocycles. The first-order chi connectivity index (χ1) is 16.4. The lowest BCUT2D eigenvalue weighted by Gasteiger charge is -2.57. The third-order valence-electron chi connectivity index (χ3n) is 6.67. The zero-order valence-electron chi connectivity index (χ0n) is 24.3. The highest BCUT2D eigenvalue weighted by Crippen LogP contribution is 2.45. The molecule has 0 aromatic rings. The second kappa shape index (κ2) is 12.1. The molecule has 2 aliphatic rings. The lowest BCUT2D eigenvalue weighted by Crippen LogP contribution is -2.80. The molecule has 1 saturated heterocycles. The number of hydrogen-bond donors (Lipinski definition) is 0. The highest BCUT2D eigenvalue weighted by molar-refractivity contribution is 7.37. The first-order valence-corrected chi connectivity index (χ1v) is 25.9. The number of ether oxygens (including phenoxy) is 2. The van der Waals surface area contributed by atoms with Crippen LogP contribution in [-0.2, 0) is 31.7 Å². The molecule has 0 amide bonds. The van der Waals surface area contributed by atoms with Gasteiger partial charge in [-0.05, 0) is 104 Å². The van der Waals surface area contributed by atoms with Crippen LogP contribution in [0.1, 0.15) is 65.7 Å². The van der Waals surface area contributed by atoms with E-state index in [1.165, 1.54) is 18.6 Å². The largest absolute Gasteiger partial charge is 0.460 e. The molecule has 3 unspecified atom stereocenters. The van der Waals surface area contributed by atoms with Crippen molar-refractivity contribution in [1.29, 1.82) is 0 Å². The Balaban J connectivity index is 2.31. The van der Waals surface area contributed by atoms with Crippen molar-refractivity contribution in [3.05, 3.63) is 12.2 Å². The van der Waals surface area contributed by atoms with Gasteiger partial charge in [-0.15, -0.1) is 0 Å². The third kappa shape index (κ3) is 9.02. The highest BCUT2D eigenvalue weighted by atomic mass is 29.3. The predicted molar refractivity (Wildman–Crippen MR) is 153 cm³/mol. The molecule has 0 N–H and O–H groups in total. The summed E-state index contributed by atoms with van der Waals surface area (Å²) in [5.41, 5.74) is -0.731. The van der Waals surface area contributed by atoms with Crippen molar-refractivity contribution in [2.24, 2.45) is 0 Å². The van der Waals surface area contributed by atoms with Crippen LogP contribution in [0.2, 0.25) is 51.9 Å². The first kappa shape index (κ1) is 31.6. The van der Waals surface area contributed by atoms with Crippen LogP contribution in [0, 0.1) is 0 Å². The Hall–Kier alpha value is -0.572. The zero-order chi connectivity index (χ0) is 27.4. The summed E-state index contributed by atoms with van der Waals surface area (Å²) in [6.45, 7) is 21.5. The summed E-state index contributed by atoms with van der Waals surface area (Å²) in [4.78, 5) is 25.3. The van der Waals surface area contributed by atoms with Crippen LogP contribution in [0.15, 0.2) is 12.2 Å². The Labute approximate surface area is 223 Å². The van der Waals surface area contributed by atoms with Gasteiger partial charge in [0.2, 0.25) is 0 Å². The minimum Gasteiger partial charge on any atom is -0.460 e. The van der Waals surface area contributed by atoms with Crippen LogP contribution < -0.4 is 0 Å². The molecular weight excluding hydrogens is 525 g/mol. The SMILES string of the molecule is CCC(OC(=O)C=CC(=O)OC1CCCCC1)[Si]1(O[Si](C)(C)C)CCC(C)(C)O[Si]1(C)O[Si](C)(C)C. The van der Waals surface area contributed by atoms with Crippen molar-refractivity contribution in [3.63, 3.8) is 0 Å². The summed E-state index contributed by atoms with van der Waals surface area (Å²) in [6.07, 6.45) is 8.92. The minimum absolute atomic E-state index is 0.0516. The van der Waals surface area contributed by atoms with Crippen molar-refractivity contribution >= 4 is 44.5 Å². The maximum atomic E-state index is 13.0. The molecule has 7 nitrogen and oxygen atoms in total. The van der Waals surface area contributed by atoms with Crippen LogP contribution in [0.25, 0.3) is 0 Å². The average molecular weight is 575 g/mol. The quantitative estimate of drug-likeness (QED) is 0.173. The lowest BCUT2D eigenvalue weighted by atomic mass is 9.98. The van der Waals surface area contributed by atoms with E-state index in [1.807, 2.05) is 6.92 Å². The van der Waals surface area contributed by atoms with E-state index >= 15 is 0 Å². The van der Waals surface area contributed by atoms with Crippen LogP contribution in [-0.4, -0.2) is 61.9 Å². The fourth-order valence-corrected chi connectivity index (χ4v) is 36.1. The third-order valence-corrected chi connectivity index (χ3v) is 28.1. The number of carbonyl (C=O) groups excluding carboxylic acids is 2. The Morgan fingerprint density at radius 3 is 2.06 bits per heavy atom. The molecule has 36 heavy (non-hydrogen) atoms. The molecule has 2 fully saturated rings. The molecular formula is C25H50O7Si4. The lowest BCUT2D eigenvalue weighted by molar-refractivity contribution is -0.145. The molecule has 1 aliphatic carbocycles. The van der Waals surface area contributed by atoms with Crippen LogP contribution in [0.3, 0.4) is 0 Å². The van der Waals surface area contributed by atoms with Gasteiger partial charge in [0.25, 0.3) is 7.83 Å². The van der Waals surface area contributed by atoms with Crippen molar-refractivity contribution < 1.29 is 31.7 Å². The second-order valence-corrected chi connectivity index (χ2v) is 33.4. The van der Waals surface area contributed by atoms with Gasteiger partial charge in [-0.25, -0.2) is 9.59 Å². The first-order valence-electron chi connectivity index (χ1n) is 13.6. The molecule has 2 rings (SSSR count). The summed E-state index contributed by atoms with van der Waals surface area (Å²) < 4.78 is 32.6. The number of hydrogen-bond acceptors (Lipinski definition) is 7. The van der Waals surface area contributed by atoms with E-state index < -0.39 is 50.2 Å². The molecule has 208 valence electrons. The van der Waals surface area contributed by atoms with Gasteiger partial charge in [0.15, 0.2) is 16.6 Å². The van der Waals surface area contributed by atoms with E-state index in [1.54, 1.807) is 0 Å². The van der Waals surface area contributed by atoms with E-state index in [9.17, 15) is 9.59 Å². The summed E-state index contributed by atoms with van der Waals surface area (Å²) in [6, 6.07) is 0.830. The number of esters is 2.